The molecule has 0 saturated heterocycles. The second-order valence-electron chi connectivity index (χ2n) is 5.87. The van der Waals surface area contributed by atoms with Crippen molar-refractivity contribution in [2.45, 2.75) is 19.8 Å². The minimum absolute atomic E-state index is 0.0414. The largest absolute Gasteiger partial charge is 0.396 e. The molecule has 0 bridgehead atoms. The molecule has 1 aliphatic carbocycles. The highest BCUT2D eigenvalue weighted by Crippen LogP contribution is 2.44. The van der Waals surface area contributed by atoms with Crippen molar-refractivity contribution in [1.82, 2.24) is 5.32 Å². The van der Waals surface area contributed by atoms with E-state index in [1.165, 1.54) is 16.9 Å². The lowest BCUT2D eigenvalue weighted by molar-refractivity contribution is 0.0940. The molecule has 21 heavy (non-hydrogen) atoms. The van der Waals surface area contributed by atoms with E-state index in [1.54, 1.807) is 0 Å². The fourth-order valence-electron chi connectivity index (χ4n) is 2.36. The van der Waals surface area contributed by atoms with Gasteiger partial charge in [0.2, 0.25) is 0 Å². The maximum atomic E-state index is 12.4. The number of hydrogen-bond donors (Lipinski definition) is 2. The minimum Gasteiger partial charge on any atom is -0.396 e. The standard InChI is InChI=1S/C17H19NO2S/c1-12-2-4-13(5-3-12)14-6-9-21-15(14)16(20)18-10-17(11-19)7-8-17/h2-6,9,19H,7-8,10-11H2,1H3,(H,18,20). The van der Waals surface area contributed by atoms with Gasteiger partial charge < -0.3 is 10.4 Å². The van der Waals surface area contributed by atoms with Crippen LogP contribution in [0.15, 0.2) is 35.7 Å². The summed E-state index contributed by atoms with van der Waals surface area (Å²) in [7, 11) is 0. The quantitative estimate of drug-likeness (QED) is 0.891. The molecular weight excluding hydrogens is 282 g/mol. The highest BCUT2D eigenvalue weighted by Gasteiger charge is 2.42. The van der Waals surface area contributed by atoms with Gasteiger partial charge in [-0.3, -0.25) is 4.79 Å². The van der Waals surface area contributed by atoms with E-state index >= 15 is 0 Å². The van der Waals surface area contributed by atoms with Crippen LogP contribution in [0.3, 0.4) is 0 Å². The van der Waals surface area contributed by atoms with Crippen molar-refractivity contribution in [2.24, 2.45) is 5.41 Å². The van der Waals surface area contributed by atoms with Crippen molar-refractivity contribution >= 4 is 17.2 Å². The molecule has 0 aliphatic heterocycles. The van der Waals surface area contributed by atoms with E-state index in [0.29, 0.717) is 6.54 Å². The molecular formula is C17H19NO2S. The Hall–Kier alpha value is -1.65. The van der Waals surface area contributed by atoms with Gasteiger partial charge in [0.1, 0.15) is 0 Å². The number of benzene rings is 1. The van der Waals surface area contributed by atoms with Crippen LogP contribution in [0.5, 0.6) is 0 Å². The Labute approximate surface area is 128 Å². The number of aliphatic hydroxyl groups excluding tert-OH is 1. The summed E-state index contributed by atoms with van der Waals surface area (Å²) in [6, 6.07) is 10.2. The molecule has 1 heterocycles. The van der Waals surface area contributed by atoms with E-state index in [0.717, 1.165) is 28.8 Å². The first-order valence-electron chi connectivity index (χ1n) is 7.17. The van der Waals surface area contributed by atoms with E-state index < -0.39 is 0 Å². The lowest BCUT2D eigenvalue weighted by Crippen LogP contribution is -2.31. The third-order valence-electron chi connectivity index (χ3n) is 4.15. The van der Waals surface area contributed by atoms with Crippen molar-refractivity contribution in [3.63, 3.8) is 0 Å². The Morgan fingerprint density at radius 3 is 2.62 bits per heavy atom. The summed E-state index contributed by atoms with van der Waals surface area (Å²) >= 11 is 1.46. The number of amides is 1. The van der Waals surface area contributed by atoms with Crippen LogP contribution in [0.2, 0.25) is 0 Å². The fraction of sp³-hybridized carbons (Fsp3) is 0.353. The van der Waals surface area contributed by atoms with Gasteiger partial charge in [0.25, 0.3) is 5.91 Å². The Morgan fingerprint density at radius 2 is 2.00 bits per heavy atom. The summed E-state index contributed by atoms with van der Waals surface area (Å²) in [5.74, 6) is -0.0414. The molecule has 1 aromatic carbocycles. The van der Waals surface area contributed by atoms with Crippen molar-refractivity contribution in [2.75, 3.05) is 13.2 Å². The number of aryl methyl sites for hydroxylation is 1. The van der Waals surface area contributed by atoms with Gasteiger partial charge in [-0.1, -0.05) is 29.8 Å². The van der Waals surface area contributed by atoms with E-state index in [-0.39, 0.29) is 17.9 Å². The van der Waals surface area contributed by atoms with Gasteiger partial charge >= 0.3 is 0 Å². The Morgan fingerprint density at radius 1 is 1.29 bits per heavy atom. The van der Waals surface area contributed by atoms with E-state index in [4.69, 9.17) is 0 Å². The number of nitrogens with one attached hydrogen (secondary N) is 1. The molecule has 3 nitrogen and oxygen atoms in total. The average Bonchev–Trinajstić information content (AvgIpc) is 3.12. The normalized spacial score (nSPS) is 15.7. The van der Waals surface area contributed by atoms with Crippen molar-refractivity contribution in [1.29, 1.82) is 0 Å². The number of carbonyl (C=O) groups is 1. The topological polar surface area (TPSA) is 49.3 Å². The van der Waals surface area contributed by atoms with Crippen molar-refractivity contribution in [3.8, 4) is 11.1 Å². The average molecular weight is 301 g/mol. The third kappa shape index (κ3) is 3.01. The molecule has 2 aromatic rings. The summed E-state index contributed by atoms with van der Waals surface area (Å²) in [5.41, 5.74) is 3.19. The molecule has 0 atom stereocenters. The fourth-order valence-corrected chi connectivity index (χ4v) is 3.19. The smallest absolute Gasteiger partial charge is 0.262 e. The Balaban J connectivity index is 1.75. The third-order valence-corrected chi connectivity index (χ3v) is 5.06. The molecule has 2 N–H and O–H groups in total. The second kappa shape index (κ2) is 5.62. The molecule has 0 radical (unpaired) electrons. The molecule has 110 valence electrons. The summed E-state index contributed by atoms with van der Waals surface area (Å²) in [4.78, 5) is 13.1. The summed E-state index contributed by atoms with van der Waals surface area (Å²) in [6.45, 7) is 2.77. The van der Waals surface area contributed by atoms with Gasteiger partial charge in [0, 0.05) is 17.5 Å². The number of carbonyl (C=O) groups excluding carboxylic acids is 1. The van der Waals surface area contributed by atoms with Crippen LogP contribution in [0.4, 0.5) is 0 Å². The van der Waals surface area contributed by atoms with Gasteiger partial charge in [-0.05, 0) is 36.8 Å². The van der Waals surface area contributed by atoms with Gasteiger partial charge in [0.05, 0.1) is 11.5 Å². The van der Waals surface area contributed by atoms with Gasteiger partial charge in [-0.25, -0.2) is 0 Å². The van der Waals surface area contributed by atoms with Crippen molar-refractivity contribution < 1.29 is 9.90 Å². The van der Waals surface area contributed by atoms with Crippen LogP contribution < -0.4 is 5.32 Å². The van der Waals surface area contributed by atoms with Gasteiger partial charge in [-0.2, -0.15) is 0 Å². The second-order valence-corrected chi connectivity index (χ2v) is 6.79. The van der Waals surface area contributed by atoms with Gasteiger partial charge in [-0.15, -0.1) is 11.3 Å². The van der Waals surface area contributed by atoms with Crippen LogP contribution in [0.1, 0.15) is 28.1 Å². The SMILES string of the molecule is Cc1ccc(-c2ccsc2C(=O)NCC2(CO)CC2)cc1. The maximum Gasteiger partial charge on any atom is 0.262 e. The summed E-state index contributed by atoms with van der Waals surface area (Å²) in [6.07, 6.45) is 2.00. The minimum atomic E-state index is -0.0586. The van der Waals surface area contributed by atoms with E-state index in [2.05, 4.69) is 24.4 Å². The molecule has 1 aromatic heterocycles. The zero-order chi connectivity index (χ0) is 14.9. The molecule has 0 spiro atoms. The Bertz CT molecular complexity index is 641. The number of rotatable bonds is 5. The zero-order valence-corrected chi connectivity index (χ0v) is 12.9. The van der Waals surface area contributed by atoms with Crippen LogP contribution in [0.25, 0.3) is 11.1 Å². The molecule has 1 amide bonds. The first-order valence-corrected chi connectivity index (χ1v) is 8.05. The maximum absolute atomic E-state index is 12.4. The summed E-state index contributed by atoms with van der Waals surface area (Å²) < 4.78 is 0. The van der Waals surface area contributed by atoms with E-state index in [1.807, 2.05) is 23.6 Å². The lowest BCUT2D eigenvalue weighted by atomic mass is 10.0. The van der Waals surface area contributed by atoms with Crippen molar-refractivity contribution in [3.05, 3.63) is 46.2 Å². The van der Waals surface area contributed by atoms with Gasteiger partial charge in [0.15, 0.2) is 0 Å². The zero-order valence-electron chi connectivity index (χ0n) is 12.1. The summed E-state index contributed by atoms with van der Waals surface area (Å²) in [5, 5.41) is 14.2. The van der Waals surface area contributed by atoms with E-state index in [9.17, 15) is 9.90 Å². The number of hydrogen-bond acceptors (Lipinski definition) is 3. The van der Waals surface area contributed by atoms with Crippen LogP contribution in [0, 0.1) is 12.3 Å². The highest BCUT2D eigenvalue weighted by molar-refractivity contribution is 7.12. The number of aliphatic hydroxyl groups is 1. The molecule has 1 saturated carbocycles. The predicted molar refractivity (Wildman–Crippen MR) is 85.6 cm³/mol. The lowest BCUT2D eigenvalue weighted by Gasteiger charge is -2.13. The first kappa shape index (κ1) is 14.3. The molecule has 1 fully saturated rings. The monoisotopic (exact) mass is 301 g/mol. The molecule has 0 unspecified atom stereocenters. The number of thiophene rings is 1. The van der Waals surface area contributed by atoms with Crippen LogP contribution in [-0.4, -0.2) is 24.2 Å². The van der Waals surface area contributed by atoms with Crippen LogP contribution >= 0.6 is 11.3 Å². The predicted octanol–water partition coefficient (Wildman–Crippen LogP) is 3.23. The highest BCUT2D eigenvalue weighted by atomic mass is 32.1. The molecule has 1 aliphatic rings. The first-order chi connectivity index (χ1) is 10.1. The molecule has 4 heteroatoms. The Kier molecular flexibility index (Phi) is 3.83. The molecule has 3 rings (SSSR count). The van der Waals surface area contributed by atoms with Crippen LogP contribution in [-0.2, 0) is 0 Å².